The first-order valence-electron chi connectivity index (χ1n) is 6.72. The van der Waals surface area contributed by atoms with Crippen molar-refractivity contribution in [3.05, 3.63) is 35.9 Å². The zero-order valence-corrected chi connectivity index (χ0v) is 9.99. The summed E-state index contributed by atoms with van der Waals surface area (Å²) >= 11 is 0. The highest BCUT2D eigenvalue weighted by Crippen LogP contribution is 2.44. The van der Waals surface area contributed by atoms with Gasteiger partial charge in [-0.3, -0.25) is 4.90 Å². The van der Waals surface area contributed by atoms with Gasteiger partial charge < -0.3 is 0 Å². The highest BCUT2D eigenvalue weighted by atomic mass is 15.2. The van der Waals surface area contributed by atoms with E-state index < -0.39 is 0 Å². The average molecular weight is 215 g/mol. The molecule has 1 unspecified atom stereocenters. The Kier molecular flexibility index (Phi) is 2.72. The molecule has 1 nitrogen and oxygen atoms in total. The summed E-state index contributed by atoms with van der Waals surface area (Å²) in [5.74, 6) is 0. The van der Waals surface area contributed by atoms with E-state index >= 15 is 0 Å². The maximum atomic E-state index is 2.76. The van der Waals surface area contributed by atoms with Gasteiger partial charge in [-0.05, 0) is 44.3 Å². The van der Waals surface area contributed by atoms with Gasteiger partial charge in [0.05, 0.1) is 0 Å². The van der Waals surface area contributed by atoms with Crippen molar-refractivity contribution in [2.75, 3.05) is 13.1 Å². The minimum absolute atomic E-state index is 0.401. The molecule has 2 saturated heterocycles. The molecule has 16 heavy (non-hydrogen) atoms. The van der Waals surface area contributed by atoms with Gasteiger partial charge in [0.25, 0.3) is 0 Å². The van der Waals surface area contributed by atoms with E-state index in [0.29, 0.717) is 5.54 Å². The Morgan fingerprint density at radius 1 is 0.812 bits per heavy atom. The van der Waals surface area contributed by atoms with Crippen LogP contribution in [0.4, 0.5) is 0 Å². The third-order valence-corrected chi connectivity index (χ3v) is 4.45. The van der Waals surface area contributed by atoms with E-state index in [-0.39, 0.29) is 0 Å². The van der Waals surface area contributed by atoms with Gasteiger partial charge >= 0.3 is 0 Å². The molecule has 1 aromatic carbocycles. The molecule has 0 N–H and O–H groups in total. The summed E-state index contributed by atoms with van der Waals surface area (Å²) in [4.78, 5) is 2.76. The van der Waals surface area contributed by atoms with Crippen LogP contribution in [0.1, 0.15) is 44.1 Å². The van der Waals surface area contributed by atoms with Crippen LogP contribution in [0.3, 0.4) is 0 Å². The molecular weight excluding hydrogens is 194 g/mol. The van der Waals surface area contributed by atoms with Crippen molar-refractivity contribution in [2.24, 2.45) is 0 Å². The van der Waals surface area contributed by atoms with Crippen molar-refractivity contribution in [3.63, 3.8) is 0 Å². The molecule has 0 saturated carbocycles. The van der Waals surface area contributed by atoms with Crippen molar-refractivity contribution < 1.29 is 0 Å². The summed E-state index contributed by atoms with van der Waals surface area (Å²) in [7, 11) is 0. The Morgan fingerprint density at radius 2 is 1.56 bits per heavy atom. The molecule has 86 valence electrons. The molecule has 0 radical (unpaired) electrons. The molecule has 2 aliphatic heterocycles. The maximum absolute atomic E-state index is 2.76. The van der Waals surface area contributed by atoms with Crippen molar-refractivity contribution in [1.82, 2.24) is 4.90 Å². The first-order chi connectivity index (χ1) is 7.92. The Balaban J connectivity index is 1.99. The molecule has 2 aliphatic rings. The monoisotopic (exact) mass is 215 g/mol. The summed E-state index contributed by atoms with van der Waals surface area (Å²) in [5.41, 5.74) is 1.96. The quantitative estimate of drug-likeness (QED) is 0.692. The molecule has 2 fully saturated rings. The highest BCUT2D eigenvalue weighted by molar-refractivity contribution is 5.26. The second-order valence-electron chi connectivity index (χ2n) is 5.30. The first kappa shape index (κ1) is 10.3. The van der Waals surface area contributed by atoms with Crippen LogP contribution < -0.4 is 0 Å². The number of benzene rings is 1. The minimum atomic E-state index is 0.401. The van der Waals surface area contributed by atoms with Crippen LogP contribution >= 0.6 is 0 Å². The fourth-order valence-electron chi connectivity index (χ4n) is 3.66. The van der Waals surface area contributed by atoms with Crippen LogP contribution in [0.15, 0.2) is 30.3 Å². The van der Waals surface area contributed by atoms with E-state index in [1.54, 1.807) is 5.56 Å². The molecule has 0 aromatic heterocycles. The molecule has 1 atom stereocenters. The second-order valence-corrected chi connectivity index (χ2v) is 5.30. The van der Waals surface area contributed by atoms with E-state index in [4.69, 9.17) is 0 Å². The van der Waals surface area contributed by atoms with Crippen molar-refractivity contribution >= 4 is 0 Å². The number of rotatable bonds is 1. The molecule has 0 spiro atoms. The van der Waals surface area contributed by atoms with Gasteiger partial charge in [0.15, 0.2) is 0 Å². The molecule has 1 aromatic rings. The smallest absolute Gasteiger partial charge is 0.0461 e. The van der Waals surface area contributed by atoms with Gasteiger partial charge in [0.1, 0.15) is 0 Å². The van der Waals surface area contributed by atoms with Gasteiger partial charge in [-0.1, -0.05) is 43.2 Å². The predicted octanol–water partition coefficient (Wildman–Crippen LogP) is 3.55. The molecular formula is C15H21N. The predicted molar refractivity (Wildman–Crippen MR) is 67.4 cm³/mol. The number of fused-ring (bicyclic) bond motifs is 1. The third-order valence-electron chi connectivity index (χ3n) is 4.45. The van der Waals surface area contributed by atoms with Crippen LogP contribution in [-0.4, -0.2) is 18.0 Å². The number of nitrogens with zero attached hydrogens (tertiary/aromatic N) is 1. The average Bonchev–Trinajstić information content (AvgIpc) is 2.65. The maximum Gasteiger partial charge on any atom is 0.0461 e. The Morgan fingerprint density at radius 3 is 2.44 bits per heavy atom. The standard InChI is InChI=1S/C15H21N/c1-3-8-14(9-4-1)15-10-5-2-6-12-16(15)13-7-11-15/h1,3-4,8-9H,2,5-7,10-13H2. The zero-order valence-electron chi connectivity index (χ0n) is 9.99. The molecule has 0 bridgehead atoms. The van der Waals surface area contributed by atoms with Gasteiger partial charge in [-0.25, -0.2) is 0 Å². The van der Waals surface area contributed by atoms with Gasteiger partial charge in [0, 0.05) is 5.54 Å². The van der Waals surface area contributed by atoms with Crippen LogP contribution in [-0.2, 0) is 5.54 Å². The van der Waals surface area contributed by atoms with Crippen molar-refractivity contribution in [2.45, 2.75) is 44.1 Å². The summed E-state index contributed by atoms with van der Waals surface area (Å²) in [6.07, 6.45) is 8.36. The minimum Gasteiger partial charge on any atom is -0.294 e. The molecule has 0 aliphatic carbocycles. The number of hydrogen-bond acceptors (Lipinski definition) is 1. The lowest BCUT2D eigenvalue weighted by atomic mass is 9.83. The second kappa shape index (κ2) is 4.21. The van der Waals surface area contributed by atoms with E-state index in [0.717, 1.165) is 0 Å². The summed E-state index contributed by atoms with van der Waals surface area (Å²) in [6, 6.07) is 11.2. The Bertz CT molecular complexity index is 346. The van der Waals surface area contributed by atoms with Crippen molar-refractivity contribution in [3.8, 4) is 0 Å². The largest absolute Gasteiger partial charge is 0.294 e. The van der Waals surface area contributed by atoms with Crippen LogP contribution in [0.25, 0.3) is 0 Å². The zero-order chi connectivity index (χ0) is 10.8. The highest BCUT2D eigenvalue weighted by Gasteiger charge is 2.42. The summed E-state index contributed by atoms with van der Waals surface area (Å²) < 4.78 is 0. The number of hydrogen-bond donors (Lipinski definition) is 0. The topological polar surface area (TPSA) is 3.24 Å². The SMILES string of the molecule is c1ccc(C23CCCCCN2CCC3)cc1. The van der Waals surface area contributed by atoms with Crippen LogP contribution in [0.5, 0.6) is 0 Å². The van der Waals surface area contributed by atoms with Crippen molar-refractivity contribution in [1.29, 1.82) is 0 Å². The molecule has 3 rings (SSSR count). The summed E-state index contributed by atoms with van der Waals surface area (Å²) in [5, 5.41) is 0. The Labute approximate surface area is 98.5 Å². The molecule has 1 heteroatoms. The third kappa shape index (κ3) is 1.58. The Hall–Kier alpha value is -0.820. The van der Waals surface area contributed by atoms with Gasteiger partial charge in [-0.2, -0.15) is 0 Å². The fourth-order valence-corrected chi connectivity index (χ4v) is 3.66. The lowest BCUT2D eigenvalue weighted by molar-refractivity contribution is 0.139. The summed E-state index contributed by atoms with van der Waals surface area (Å²) in [6.45, 7) is 2.63. The van der Waals surface area contributed by atoms with Gasteiger partial charge in [0.2, 0.25) is 0 Å². The molecule has 0 amide bonds. The van der Waals surface area contributed by atoms with E-state index in [1.165, 1.54) is 51.6 Å². The first-order valence-corrected chi connectivity index (χ1v) is 6.72. The molecule has 2 heterocycles. The lowest BCUT2D eigenvalue weighted by Crippen LogP contribution is -2.40. The van der Waals surface area contributed by atoms with Gasteiger partial charge in [-0.15, -0.1) is 0 Å². The van der Waals surface area contributed by atoms with E-state index in [9.17, 15) is 0 Å². The fraction of sp³-hybridized carbons (Fsp3) is 0.600. The van der Waals surface area contributed by atoms with E-state index in [1.807, 2.05) is 0 Å². The van der Waals surface area contributed by atoms with Crippen LogP contribution in [0.2, 0.25) is 0 Å². The van der Waals surface area contributed by atoms with Crippen LogP contribution in [0, 0.1) is 0 Å². The normalized spacial score (nSPS) is 31.0. The lowest BCUT2D eigenvalue weighted by Gasteiger charge is -2.38. The van der Waals surface area contributed by atoms with E-state index in [2.05, 4.69) is 35.2 Å².